The van der Waals surface area contributed by atoms with Gasteiger partial charge in [-0.1, -0.05) is 30.0 Å². The summed E-state index contributed by atoms with van der Waals surface area (Å²) in [7, 11) is 0. The van der Waals surface area contributed by atoms with Crippen molar-refractivity contribution in [2.24, 2.45) is 0 Å². The van der Waals surface area contributed by atoms with E-state index in [-0.39, 0.29) is 29.9 Å². The first-order chi connectivity index (χ1) is 13.1. The predicted octanol–water partition coefficient (Wildman–Crippen LogP) is 2.81. The number of thiophene rings is 1. The maximum Gasteiger partial charge on any atom is 0.262 e. The normalized spacial score (nSPS) is 12.2. The third-order valence-corrected chi connectivity index (χ3v) is 6.08. The summed E-state index contributed by atoms with van der Waals surface area (Å²) in [6.07, 6.45) is 0.453. The van der Waals surface area contributed by atoms with Crippen LogP contribution in [0.3, 0.4) is 0 Å². The maximum atomic E-state index is 12.8. The third kappa shape index (κ3) is 4.77. The lowest BCUT2D eigenvalue weighted by Crippen LogP contribution is -2.29. The number of carbonyl (C=O) groups is 1. The van der Waals surface area contributed by atoms with Crippen molar-refractivity contribution in [3.8, 4) is 0 Å². The van der Waals surface area contributed by atoms with Gasteiger partial charge < -0.3 is 10.4 Å². The van der Waals surface area contributed by atoms with Crippen molar-refractivity contribution in [3.05, 3.63) is 57.0 Å². The van der Waals surface area contributed by atoms with Crippen LogP contribution in [0.2, 0.25) is 0 Å². The van der Waals surface area contributed by atoms with E-state index in [1.807, 2.05) is 30.5 Å². The standard InChI is InChI=1S/C19H21N3O3S2/c1-13(16-8-4-11-26-16)20-17(24)12-27-19-21-15-7-3-2-6-14(15)18(25)22(19)9-5-10-23/h2-4,6-8,11,13,23H,5,9-10,12H2,1H3,(H,20,24). The van der Waals surface area contributed by atoms with Gasteiger partial charge in [-0.15, -0.1) is 11.3 Å². The minimum atomic E-state index is -0.149. The summed E-state index contributed by atoms with van der Waals surface area (Å²) in [5, 5.41) is 15.1. The van der Waals surface area contributed by atoms with Gasteiger partial charge in [0.05, 0.1) is 22.7 Å². The zero-order chi connectivity index (χ0) is 19.2. The summed E-state index contributed by atoms with van der Waals surface area (Å²) in [6, 6.07) is 11.0. The van der Waals surface area contributed by atoms with Crippen molar-refractivity contribution in [3.63, 3.8) is 0 Å². The SMILES string of the molecule is CC(NC(=O)CSc1nc2ccccc2c(=O)n1CCCO)c1cccs1. The van der Waals surface area contributed by atoms with Crippen LogP contribution in [0.25, 0.3) is 10.9 Å². The lowest BCUT2D eigenvalue weighted by Gasteiger charge is -2.14. The molecular formula is C19H21N3O3S2. The van der Waals surface area contributed by atoms with E-state index in [4.69, 9.17) is 5.11 Å². The number of nitrogens with zero attached hydrogens (tertiary/aromatic N) is 2. The molecule has 0 aliphatic heterocycles. The van der Waals surface area contributed by atoms with Gasteiger partial charge in [-0.05, 0) is 36.9 Å². The highest BCUT2D eigenvalue weighted by Gasteiger charge is 2.15. The first kappa shape index (κ1) is 19.6. The molecule has 0 bridgehead atoms. The number of para-hydroxylation sites is 1. The van der Waals surface area contributed by atoms with Crippen LogP contribution in [0.5, 0.6) is 0 Å². The van der Waals surface area contributed by atoms with E-state index >= 15 is 0 Å². The lowest BCUT2D eigenvalue weighted by atomic mass is 10.2. The number of hydrogen-bond donors (Lipinski definition) is 2. The molecule has 1 atom stereocenters. The summed E-state index contributed by atoms with van der Waals surface area (Å²) in [5.41, 5.74) is 0.460. The molecule has 27 heavy (non-hydrogen) atoms. The second-order valence-corrected chi connectivity index (χ2v) is 7.96. The Balaban J connectivity index is 1.76. The van der Waals surface area contributed by atoms with Crippen LogP contribution < -0.4 is 10.9 Å². The largest absolute Gasteiger partial charge is 0.396 e. The summed E-state index contributed by atoms with van der Waals surface area (Å²) in [6.45, 7) is 2.30. The molecule has 2 N–H and O–H groups in total. The molecule has 0 aliphatic carbocycles. The maximum absolute atomic E-state index is 12.8. The van der Waals surface area contributed by atoms with Crippen molar-refractivity contribution in [1.82, 2.24) is 14.9 Å². The van der Waals surface area contributed by atoms with Gasteiger partial charge in [0.1, 0.15) is 0 Å². The van der Waals surface area contributed by atoms with E-state index in [9.17, 15) is 9.59 Å². The average Bonchev–Trinajstić information content (AvgIpc) is 3.21. The van der Waals surface area contributed by atoms with Gasteiger partial charge in [0, 0.05) is 18.0 Å². The number of fused-ring (bicyclic) bond motifs is 1. The summed E-state index contributed by atoms with van der Waals surface area (Å²) in [5.74, 6) is 0.0524. The van der Waals surface area contributed by atoms with E-state index < -0.39 is 0 Å². The Kier molecular flexibility index (Phi) is 6.65. The quantitative estimate of drug-likeness (QED) is 0.446. The Morgan fingerprint density at radius 3 is 2.89 bits per heavy atom. The molecule has 1 amide bonds. The highest BCUT2D eigenvalue weighted by Crippen LogP contribution is 2.20. The van der Waals surface area contributed by atoms with Gasteiger partial charge in [-0.2, -0.15) is 0 Å². The van der Waals surface area contributed by atoms with Crippen LogP contribution in [0.4, 0.5) is 0 Å². The van der Waals surface area contributed by atoms with Gasteiger partial charge in [-0.3, -0.25) is 14.2 Å². The van der Waals surface area contributed by atoms with E-state index in [2.05, 4.69) is 10.3 Å². The number of aromatic nitrogens is 2. The number of nitrogens with one attached hydrogen (secondary N) is 1. The van der Waals surface area contributed by atoms with E-state index in [0.717, 1.165) is 4.88 Å². The monoisotopic (exact) mass is 403 g/mol. The van der Waals surface area contributed by atoms with Gasteiger partial charge in [0.15, 0.2) is 5.16 Å². The first-order valence-electron chi connectivity index (χ1n) is 8.66. The van der Waals surface area contributed by atoms with Crippen LogP contribution in [0, 0.1) is 0 Å². The van der Waals surface area contributed by atoms with Crippen molar-refractivity contribution in [1.29, 1.82) is 0 Å². The van der Waals surface area contributed by atoms with Gasteiger partial charge in [0.2, 0.25) is 5.91 Å². The summed E-state index contributed by atoms with van der Waals surface area (Å²) < 4.78 is 1.54. The molecule has 142 valence electrons. The van der Waals surface area contributed by atoms with Gasteiger partial charge in [0.25, 0.3) is 5.56 Å². The Morgan fingerprint density at radius 1 is 1.33 bits per heavy atom. The predicted molar refractivity (Wildman–Crippen MR) is 109 cm³/mol. The number of hydrogen-bond acceptors (Lipinski definition) is 6. The molecule has 0 radical (unpaired) electrons. The Hall–Kier alpha value is -2.16. The van der Waals surface area contributed by atoms with Crippen molar-refractivity contribution < 1.29 is 9.90 Å². The fraction of sp³-hybridized carbons (Fsp3) is 0.316. The Morgan fingerprint density at radius 2 is 2.15 bits per heavy atom. The molecule has 2 heterocycles. The number of rotatable bonds is 8. The third-order valence-electron chi connectivity index (χ3n) is 4.05. The highest BCUT2D eigenvalue weighted by atomic mass is 32.2. The lowest BCUT2D eigenvalue weighted by molar-refractivity contribution is -0.119. The molecule has 1 unspecified atom stereocenters. The zero-order valence-electron chi connectivity index (χ0n) is 14.9. The first-order valence-corrected chi connectivity index (χ1v) is 10.5. The molecule has 0 saturated heterocycles. The van der Waals surface area contributed by atoms with Crippen LogP contribution in [-0.4, -0.2) is 32.9 Å². The molecule has 0 aliphatic rings. The molecule has 0 fully saturated rings. The molecule has 6 nitrogen and oxygen atoms in total. The number of aliphatic hydroxyl groups excluding tert-OH is 1. The van der Waals surface area contributed by atoms with Gasteiger partial charge in [-0.25, -0.2) is 4.98 Å². The highest BCUT2D eigenvalue weighted by molar-refractivity contribution is 7.99. The van der Waals surface area contributed by atoms with Crippen molar-refractivity contribution >= 4 is 39.9 Å². The van der Waals surface area contributed by atoms with Crippen LogP contribution in [0.1, 0.15) is 24.3 Å². The smallest absolute Gasteiger partial charge is 0.262 e. The molecule has 1 aromatic carbocycles. The Labute approximate surface area is 165 Å². The zero-order valence-corrected chi connectivity index (χ0v) is 16.6. The summed E-state index contributed by atoms with van der Waals surface area (Å²) in [4.78, 5) is 30.7. The van der Waals surface area contributed by atoms with Crippen LogP contribution >= 0.6 is 23.1 Å². The number of carbonyl (C=O) groups excluding carboxylic acids is 1. The van der Waals surface area contributed by atoms with Gasteiger partial charge >= 0.3 is 0 Å². The minimum absolute atomic E-state index is 0.0117. The molecule has 2 aromatic heterocycles. The molecular weight excluding hydrogens is 382 g/mol. The topological polar surface area (TPSA) is 84.2 Å². The minimum Gasteiger partial charge on any atom is -0.396 e. The van der Waals surface area contributed by atoms with Crippen LogP contribution in [0.15, 0.2) is 51.7 Å². The second-order valence-electron chi connectivity index (χ2n) is 6.04. The van der Waals surface area contributed by atoms with Crippen molar-refractivity contribution in [2.45, 2.75) is 31.1 Å². The number of thioether (sulfide) groups is 1. The van der Waals surface area contributed by atoms with Crippen molar-refractivity contribution in [2.75, 3.05) is 12.4 Å². The summed E-state index contributed by atoms with van der Waals surface area (Å²) >= 11 is 2.83. The number of aliphatic hydroxyl groups is 1. The molecule has 3 rings (SSSR count). The molecule has 3 aromatic rings. The van der Waals surface area contributed by atoms with E-state index in [1.54, 1.807) is 34.1 Å². The second kappa shape index (κ2) is 9.16. The van der Waals surface area contributed by atoms with Crippen LogP contribution in [-0.2, 0) is 11.3 Å². The number of benzene rings is 1. The molecule has 0 saturated carbocycles. The average molecular weight is 404 g/mol. The Bertz CT molecular complexity index is 970. The fourth-order valence-electron chi connectivity index (χ4n) is 2.71. The number of amides is 1. The molecule has 8 heteroatoms. The van der Waals surface area contributed by atoms with E-state index in [0.29, 0.717) is 29.0 Å². The molecule has 0 spiro atoms. The van der Waals surface area contributed by atoms with E-state index in [1.165, 1.54) is 11.8 Å². The fourth-order valence-corrected chi connectivity index (χ4v) is 4.28.